The third-order valence-corrected chi connectivity index (χ3v) is 6.30. The summed E-state index contributed by atoms with van der Waals surface area (Å²) in [5.74, 6) is 0.101. The molecule has 0 aromatic heterocycles. The second kappa shape index (κ2) is 7.58. The first-order chi connectivity index (χ1) is 15.1. The molecule has 2 aromatic carbocycles. The first-order valence-electron chi connectivity index (χ1n) is 10.0. The van der Waals surface area contributed by atoms with Crippen molar-refractivity contribution >= 4 is 30.1 Å². The van der Waals surface area contributed by atoms with Gasteiger partial charge in [-0.05, 0) is 54.2 Å². The number of hydrogen-bond donors (Lipinski definition) is 2. The maximum absolute atomic E-state index is 13.6. The van der Waals surface area contributed by atoms with E-state index in [4.69, 9.17) is 11.1 Å². The van der Waals surface area contributed by atoms with Gasteiger partial charge in [0.2, 0.25) is 0 Å². The molecular formula is C23H21F3N4O2. The van der Waals surface area contributed by atoms with Crippen molar-refractivity contribution in [3.63, 3.8) is 0 Å². The summed E-state index contributed by atoms with van der Waals surface area (Å²) in [6, 6.07) is 8.95. The number of benzene rings is 2. The monoisotopic (exact) mass is 442 g/mol. The normalized spacial score (nSPS) is 23.0. The fraction of sp³-hybridized carbons (Fsp3) is 0.304. The number of aliphatic imine (C=N–C) groups is 1. The highest BCUT2D eigenvalue weighted by Crippen LogP contribution is 2.49. The quantitative estimate of drug-likeness (QED) is 0.410. The molecule has 0 bridgehead atoms. The van der Waals surface area contributed by atoms with Gasteiger partial charge in [-0.25, -0.2) is 4.99 Å². The molecule has 2 aromatic rings. The Hall–Kier alpha value is -3.49. The molecular weight excluding hydrogens is 421 g/mol. The van der Waals surface area contributed by atoms with E-state index in [0.717, 1.165) is 18.0 Å². The zero-order chi connectivity index (χ0) is 23.3. The molecule has 1 fully saturated rings. The van der Waals surface area contributed by atoms with Crippen LogP contribution in [0.15, 0.2) is 41.4 Å². The zero-order valence-electron chi connectivity index (χ0n) is 17.2. The van der Waals surface area contributed by atoms with Crippen LogP contribution in [0.5, 0.6) is 0 Å². The average Bonchev–Trinajstić information content (AvgIpc) is 3.06. The van der Waals surface area contributed by atoms with Crippen molar-refractivity contribution in [3.8, 4) is 0 Å². The highest BCUT2D eigenvalue weighted by Gasteiger charge is 2.47. The molecule has 9 heteroatoms. The van der Waals surface area contributed by atoms with Gasteiger partial charge in [0, 0.05) is 16.8 Å². The number of halogens is 3. The number of fused-ring (bicyclic) bond motifs is 1. The molecule has 4 rings (SSSR count). The molecule has 1 amide bonds. The summed E-state index contributed by atoms with van der Waals surface area (Å²) < 4.78 is 40.8. The third-order valence-electron chi connectivity index (χ3n) is 6.30. The Morgan fingerprint density at radius 1 is 1.28 bits per heavy atom. The molecule has 6 nitrogen and oxygen atoms in total. The van der Waals surface area contributed by atoms with E-state index in [9.17, 15) is 22.8 Å². The summed E-state index contributed by atoms with van der Waals surface area (Å²) >= 11 is 0. The lowest BCUT2D eigenvalue weighted by Crippen LogP contribution is -2.50. The van der Waals surface area contributed by atoms with Crippen LogP contribution in [-0.4, -0.2) is 24.4 Å². The molecule has 1 saturated carbocycles. The largest absolute Gasteiger partial charge is 0.416 e. The van der Waals surface area contributed by atoms with Crippen molar-refractivity contribution in [1.29, 1.82) is 5.41 Å². The summed E-state index contributed by atoms with van der Waals surface area (Å²) in [6.07, 6.45) is -2.07. The number of amides is 1. The summed E-state index contributed by atoms with van der Waals surface area (Å²) in [4.78, 5) is 29.4. The SMILES string of the molecule is CC1CC(C(N)=NC=N)(c2cccc(N3Cc4c(cc(C=O)cc4C(F)(F)F)C3=O)c2)C1. The van der Waals surface area contributed by atoms with Crippen LogP contribution in [0.4, 0.5) is 18.9 Å². The van der Waals surface area contributed by atoms with Crippen molar-refractivity contribution in [1.82, 2.24) is 0 Å². The van der Waals surface area contributed by atoms with Gasteiger partial charge in [-0.15, -0.1) is 0 Å². The Labute approximate surface area is 182 Å². The number of aldehydes is 1. The Bertz CT molecular complexity index is 1150. The molecule has 2 aliphatic rings. The third kappa shape index (κ3) is 3.37. The molecule has 1 aliphatic heterocycles. The van der Waals surface area contributed by atoms with E-state index < -0.39 is 23.1 Å². The number of anilines is 1. The van der Waals surface area contributed by atoms with Crippen LogP contribution in [0.2, 0.25) is 0 Å². The van der Waals surface area contributed by atoms with E-state index in [1.807, 2.05) is 6.07 Å². The fourth-order valence-electron chi connectivity index (χ4n) is 4.85. The van der Waals surface area contributed by atoms with Crippen molar-refractivity contribution < 1.29 is 22.8 Å². The summed E-state index contributed by atoms with van der Waals surface area (Å²) in [7, 11) is 0. The molecule has 0 radical (unpaired) electrons. The Morgan fingerprint density at radius 2 is 2.00 bits per heavy atom. The van der Waals surface area contributed by atoms with Gasteiger partial charge in [-0.1, -0.05) is 19.1 Å². The number of rotatable bonds is 5. The minimum Gasteiger partial charge on any atom is -0.386 e. The van der Waals surface area contributed by atoms with Crippen molar-refractivity contribution in [3.05, 3.63) is 64.2 Å². The lowest BCUT2D eigenvalue weighted by molar-refractivity contribution is -0.138. The van der Waals surface area contributed by atoms with Crippen LogP contribution >= 0.6 is 0 Å². The molecule has 166 valence electrons. The van der Waals surface area contributed by atoms with Crippen LogP contribution in [0, 0.1) is 11.3 Å². The summed E-state index contributed by atoms with van der Waals surface area (Å²) in [5, 5.41) is 7.25. The van der Waals surface area contributed by atoms with E-state index in [1.54, 1.807) is 18.2 Å². The van der Waals surface area contributed by atoms with Crippen LogP contribution < -0.4 is 10.6 Å². The van der Waals surface area contributed by atoms with Gasteiger partial charge in [-0.3, -0.25) is 15.0 Å². The van der Waals surface area contributed by atoms with Crippen molar-refractivity contribution in [2.75, 3.05) is 4.90 Å². The molecule has 32 heavy (non-hydrogen) atoms. The van der Waals surface area contributed by atoms with E-state index in [1.165, 1.54) is 11.0 Å². The first-order valence-corrected chi connectivity index (χ1v) is 10.0. The van der Waals surface area contributed by atoms with Crippen LogP contribution in [0.1, 0.15) is 57.2 Å². The second-order valence-corrected chi connectivity index (χ2v) is 8.39. The van der Waals surface area contributed by atoms with Gasteiger partial charge in [0.1, 0.15) is 18.5 Å². The Kier molecular flexibility index (Phi) is 5.15. The van der Waals surface area contributed by atoms with E-state index >= 15 is 0 Å². The lowest BCUT2D eigenvalue weighted by Gasteiger charge is -2.46. The number of carbonyl (C=O) groups is 2. The summed E-state index contributed by atoms with van der Waals surface area (Å²) in [5.41, 5.74) is 5.39. The van der Waals surface area contributed by atoms with E-state index in [-0.39, 0.29) is 23.2 Å². The smallest absolute Gasteiger partial charge is 0.386 e. The highest BCUT2D eigenvalue weighted by atomic mass is 19.4. The highest BCUT2D eigenvalue weighted by molar-refractivity contribution is 6.11. The molecule has 0 unspecified atom stereocenters. The van der Waals surface area contributed by atoms with Gasteiger partial charge in [0.15, 0.2) is 0 Å². The van der Waals surface area contributed by atoms with E-state index in [0.29, 0.717) is 36.6 Å². The van der Waals surface area contributed by atoms with Crippen molar-refractivity contribution in [2.45, 2.75) is 37.9 Å². The molecule has 3 N–H and O–H groups in total. The molecule has 0 spiro atoms. The molecule has 1 heterocycles. The zero-order valence-corrected chi connectivity index (χ0v) is 17.2. The van der Waals surface area contributed by atoms with Gasteiger partial charge >= 0.3 is 6.18 Å². The number of amidine groups is 1. The molecule has 0 atom stereocenters. The van der Waals surface area contributed by atoms with Crippen molar-refractivity contribution in [2.24, 2.45) is 16.6 Å². The lowest BCUT2D eigenvalue weighted by atomic mass is 9.58. The number of nitrogens with two attached hydrogens (primary N) is 1. The number of nitrogens with one attached hydrogen (secondary N) is 1. The molecule has 1 aliphatic carbocycles. The fourth-order valence-corrected chi connectivity index (χ4v) is 4.85. The maximum atomic E-state index is 13.6. The number of nitrogens with zero attached hydrogens (tertiary/aromatic N) is 2. The minimum atomic E-state index is -4.69. The second-order valence-electron chi connectivity index (χ2n) is 8.39. The van der Waals surface area contributed by atoms with Gasteiger partial charge in [-0.2, -0.15) is 13.2 Å². The predicted molar refractivity (Wildman–Crippen MR) is 114 cm³/mol. The number of alkyl halides is 3. The summed E-state index contributed by atoms with van der Waals surface area (Å²) in [6.45, 7) is 1.82. The maximum Gasteiger partial charge on any atom is 0.416 e. The standard InChI is InChI=1S/C23H21F3N4O2/c1-13-8-22(9-13,21(28)29-12-27)15-3-2-4-16(7-15)30-10-18-17(20(30)32)5-14(11-31)6-19(18)23(24,25)26/h2-7,11-13H,8-10H2,1H3,(H3,27,28,29). The number of carbonyl (C=O) groups excluding carboxylic acids is 2. The average molecular weight is 442 g/mol. The van der Waals surface area contributed by atoms with Gasteiger partial charge in [0.25, 0.3) is 5.91 Å². The van der Waals surface area contributed by atoms with Crippen LogP contribution in [0.3, 0.4) is 0 Å². The van der Waals surface area contributed by atoms with Crippen LogP contribution in [0.25, 0.3) is 0 Å². The topological polar surface area (TPSA) is 99.6 Å². The van der Waals surface area contributed by atoms with Crippen LogP contribution in [-0.2, 0) is 18.1 Å². The minimum absolute atomic E-state index is 0.121. The van der Waals surface area contributed by atoms with E-state index in [2.05, 4.69) is 11.9 Å². The predicted octanol–water partition coefficient (Wildman–Crippen LogP) is 4.31. The number of hydrogen-bond acceptors (Lipinski definition) is 3. The van der Waals surface area contributed by atoms with Gasteiger partial charge in [0.05, 0.1) is 17.5 Å². The first kappa shape index (κ1) is 21.7. The Morgan fingerprint density at radius 3 is 2.59 bits per heavy atom. The molecule has 0 saturated heterocycles. The Balaban J connectivity index is 1.76. The van der Waals surface area contributed by atoms with Gasteiger partial charge < -0.3 is 10.6 Å².